The van der Waals surface area contributed by atoms with Gasteiger partial charge in [-0.2, -0.15) is 0 Å². The molecule has 0 aromatic heterocycles. The van der Waals surface area contributed by atoms with Crippen LogP contribution in [0.2, 0.25) is 0 Å². The van der Waals surface area contributed by atoms with Crippen LogP contribution < -0.4 is 0 Å². The van der Waals surface area contributed by atoms with Crippen molar-refractivity contribution in [1.82, 2.24) is 4.90 Å². The van der Waals surface area contributed by atoms with Gasteiger partial charge < -0.3 is 0 Å². The van der Waals surface area contributed by atoms with Gasteiger partial charge in [0.25, 0.3) is 0 Å². The van der Waals surface area contributed by atoms with E-state index in [1.54, 1.807) is 0 Å². The monoisotopic (exact) mass is 215 g/mol. The summed E-state index contributed by atoms with van der Waals surface area (Å²) in [7, 11) is 2.22. The first-order valence-electron chi connectivity index (χ1n) is 6.19. The molecule has 0 amide bonds. The van der Waals surface area contributed by atoms with Gasteiger partial charge in [0.1, 0.15) is 0 Å². The first kappa shape index (κ1) is 11.4. The van der Waals surface area contributed by atoms with Gasteiger partial charge in [0.2, 0.25) is 0 Å². The molecule has 0 radical (unpaired) electrons. The van der Waals surface area contributed by atoms with Crippen molar-refractivity contribution in [2.45, 2.75) is 25.8 Å². The van der Waals surface area contributed by atoms with Gasteiger partial charge in [0.15, 0.2) is 0 Å². The van der Waals surface area contributed by atoms with E-state index in [0.717, 1.165) is 18.5 Å². The highest BCUT2D eigenvalue weighted by Crippen LogP contribution is 2.34. The van der Waals surface area contributed by atoms with Gasteiger partial charge in [-0.15, -0.1) is 0 Å². The van der Waals surface area contributed by atoms with E-state index >= 15 is 0 Å². The fraction of sp³-hybridized carbons (Fsp3) is 0.467. The Balaban J connectivity index is 1.80. The minimum Gasteiger partial charge on any atom is -0.300 e. The molecule has 1 fully saturated rings. The third kappa shape index (κ3) is 3.21. The van der Waals surface area contributed by atoms with Gasteiger partial charge in [-0.25, -0.2) is 0 Å². The van der Waals surface area contributed by atoms with E-state index in [9.17, 15) is 0 Å². The summed E-state index contributed by atoms with van der Waals surface area (Å²) in [5, 5.41) is 0. The summed E-state index contributed by atoms with van der Waals surface area (Å²) in [4.78, 5) is 2.44. The maximum absolute atomic E-state index is 2.44. The first-order chi connectivity index (χ1) is 7.77. The number of benzene rings is 1. The summed E-state index contributed by atoms with van der Waals surface area (Å²) in [6.07, 6.45) is 7.31. The van der Waals surface area contributed by atoms with E-state index in [1.165, 1.54) is 18.4 Å². The van der Waals surface area contributed by atoms with Crippen LogP contribution in [0.3, 0.4) is 0 Å². The Morgan fingerprint density at radius 1 is 1.31 bits per heavy atom. The molecule has 1 aromatic rings. The van der Waals surface area contributed by atoms with Crippen LogP contribution in [-0.4, -0.2) is 24.5 Å². The molecule has 16 heavy (non-hydrogen) atoms. The second-order valence-electron chi connectivity index (χ2n) is 4.83. The maximum Gasteiger partial charge on any atom is 0.0166 e. The Kier molecular flexibility index (Phi) is 3.79. The van der Waals surface area contributed by atoms with Gasteiger partial charge in [0.05, 0.1) is 0 Å². The van der Waals surface area contributed by atoms with Crippen molar-refractivity contribution in [3.05, 3.63) is 42.0 Å². The molecule has 0 saturated heterocycles. The highest BCUT2D eigenvalue weighted by Gasteiger charge is 2.29. The van der Waals surface area contributed by atoms with E-state index in [1.807, 2.05) is 0 Å². The van der Waals surface area contributed by atoms with Crippen LogP contribution in [-0.2, 0) is 0 Å². The van der Waals surface area contributed by atoms with Crippen molar-refractivity contribution >= 4 is 6.08 Å². The van der Waals surface area contributed by atoms with Crippen molar-refractivity contribution in [1.29, 1.82) is 0 Å². The average molecular weight is 215 g/mol. The Hall–Kier alpha value is -1.08. The van der Waals surface area contributed by atoms with Crippen LogP contribution >= 0.6 is 0 Å². The van der Waals surface area contributed by atoms with Gasteiger partial charge in [-0.3, -0.25) is 4.90 Å². The molecule has 86 valence electrons. The molecule has 1 atom stereocenters. The SMILES string of the molecule is CC(C1CC1)N(C)C/C=C/c1ccccc1. The highest BCUT2D eigenvalue weighted by atomic mass is 15.1. The van der Waals surface area contributed by atoms with Crippen molar-refractivity contribution in [2.24, 2.45) is 5.92 Å². The molecule has 0 aliphatic heterocycles. The van der Waals surface area contributed by atoms with Gasteiger partial charge >= 0.3 is 0 Å². The van der Waals surface area contributed by atoms with Crippen LogP contribution in [0.25, 0.3) is 6.08 Å². The lowest BCUT2D eigenvalue weighted by Gasteiger charge is -2.22. The number of rotatable bonds is 5. The Morgan fingerprint density at radius 3 is 2.62 bits per heavy atom. The summed E-state index contributed by atoms with van der Waals surface area (Å²) in [6.45, 7) is 3.39. The number of hydrogen-bond acceptors (Lipinski definition) is 1. The molecule has 0 N–H and O–H groups in total. The molecule has 1 aliphatic carbocycles. The van der Waals surface area contributed by atoms with E-state index < -0.39 is 0 Å². The molecule has 2 rings (SSSR count). The molecule has 1 unspecified atom stereocenters. The molecule has 0 bridgehead atoms. The van der Waals surface area contributed by atoms with Crippen molar-refractivity contribution in [3.8, 4) is 0 Å². The molecule has 1 aromatic carbocycles. The lowest BCUT2D eigenvalue weighted by molar-refractivity contribution is 0.259. The van der Waals surface area contributed by atoms with Crippen molar-refractivity contribution in [3.63, 3.8) is 0 Å². The number of likely N-dealkylation sites (N-methyl/N-ethyl adjacent to an activating group) is 1. The smallest absolute Gasteiger partial charge is 0.0166 e. The Labute approximate surface area is 98.8 Å². The minimum absolute atomic E-state index is 0.737. The van der Waals surface area contributed by atoms with E-state index in [4.69, 9.17) is 0 Å². The highest BCUT2D eigenvalue weighted by molar-refractivity contribution is 5.48. The van der Waals surface area contributed by atoms with Crippen LogP contribution in [0.1, 0.15) is 25.3 Å². The third-order valence-electron chi connectivity index (χ3n) is 3.50. The number of hydrogen-bond donors (Lipinski definition) is 0. The largest absolute Gasteiger partial charge is 0.300 e. The third-order valence-corrected chi connectivity index (χ3v) is 3.50. The second-order valence-corrected chi connectivity index (χ2v) is 4.83. The maximum atomic E-state index is 2.44. The Morgan fingerprint density at radius 2 is 2.00 bits per heavy atom. The van der Waals surface area contributed by atoms with Crippen LogP contribution in [0, 0.1) is 5.92 Å². The molecular weight excluding hydrogens is 194 g/mol. The fourth-order valence-corrected chi connectivity index (χ4v) is 2.02. The summed E-state index contributed by atoms with van der Waals surface area (Å²) in [6, 6.07) is 11.2. The van der Waals surface area contributed by atoms with Crippen molar-refractivity contribution in [2.75, 3.05) is 13.6 Å². The van der Waals surface area contributed by atoms with Crippen molar-refractivity contribution < 1.29 is 0 Å². The van der Waals surface area contributed by atoms with E-state index in [-0.39, 0.29) is 0 Å². The van der Waals surface area contributed by atoms with E-state index in [0.29, 0.717) is 0 Å². The quantitative estimate of drug-likeness (QED) is 0.727. The lowest BCUT2D eigenvalue weighted by atomic mass is 10.2. The molecule has 1 nitrogen and oxygen atoms in total. The molecule has 1 saturated carbocycles. The molecular formula is C15H21N. The summed E-state index contributed by atoms with van der Waals surface area (Å²) in [5.74, 6) is 0.954. The Bertz CT molecular complexity index is 338. The molecule has 1 aliphatic rings. The number of nitrogens with zero attached hydrogens (tertiary/aromatic N) is 1. The van der Waals surface area contributed by atoms with E-state index in [2.05, 4.69) is 61.4 Å². The average Bonchev–Trinajstić information content (AvgIpc) is 3.13. The second kappa shape index (κ2) is 5.31. The molecule has 0 heterocycles. The van der Waals surface area contributed by atoms with Crippen LogP contribution in [0.15, 0.2) is 36.4 Å². The predicted molar refractivity (Wildman–Crippen MR) is 70.3 cm³/mol. The lowest BCUT2D eigenvalue weighted by Crippen LogP contribution is -2.30. The predicted octanol–water partition coefficient (Wildman–Crippen LogP) is 3.43. The molecule has 1 heteroatoms. The zero-order chi connectivity index (χ0) is 11.4. The topological polar surface area (TPSA) is 3.24 Å². The first-order valence-corrected chi connectivity index (χ1v) is 6.19. The summed E-state index contributed by atoms with van der Waals surface area (Å²) < 4.78 is 0. The minimum atomic E-state index is 0.737. The fourth-order valence-electron chi connectivity index (χ4n) is 2.02. The summed E-state index contributed by atoms with van der Waals surface area (Å²) >= 11 is 0. The van der Waals surface area contributed by atoms with Crippen LogP contribution in [0.5, 0.6) is 0 Å². The zero-order valence-corrected chi connectivity index (χ0v) is 10.3. The standard InChI is InChI=1S/C15H21N/c1-13(15-10-11-15)16(2)12-6-9-14-7-4-3-5-8-14/h3-9,13,15H,10-12H2,1-2H3/b9-6+. The normalized spacial score (nSPS) is 18.2. The van der Waals surface area contributed by atoms with Gasteiger partial charge in [-0.1, -0.05) is 42.5 Å². The van der Waals surface area contributed by atoms with Gasteiger partial charge in [0, 0.05) is 12.6 Å². The zero-order valence-electron chi connectivity index (χ0n) is 10.3. The molecule has 0 spiro atoms. The van der Waals surface area contributed by atoms with Gasteiger partial charge in [-0.05, 0) is 38.3 Å². The summed E-state index contributed by atoms with van der Waals surface area (Å²) in [5.41, 5.74) is 1.29. The van der Waals surface area contributed by atoms with Crippen LogP contribution in [0.4, 0.5) is 0 Å².